The minimum Gasteiger partial charge on any atom is -0.432 e. The van der Waals surface area contributed by atoms with Crippen molar-refractivity contribution in [2.24, 2.45) is 0 Å². The molecule has 2 nitrogen and oxygen atoms in total. The van der Waals surface area contributed by atoms with Crippen LogP contribution in [0.3, 0.4) is 0 Å². The van der Waals surface area contributed by atoms with Gasteiger partial charge in [-0.25, -0.2) is 0 Å². The Morgan fingerprint density at radius 3 is 2.33 bits per heavy atom. The number of ether oxygens (including phenoxy) is 1. The van der Waals surface area contributed by atoms with E-state index >= 15 is 0 Å². The molecular formula is C7H10O2. The quantitative estimate of drug-likeness (QED) is 0.394. The van der Waals surface area contributed by atoms with Gasteiger partial charge in [0.1, 0.15) is 5.76 Å². The molecule has 0 spiro atoms. The smallest absolute Gasteiger partial charge is 0.307 e. The van der Waals surface area contributed by atoms with Crippen molar-refractivity contribution < 1.29 is 9.53 Å². The summed E-state index contributed by atoms with van der Waals surface area (Å²) in [6, 6.07) is 0. The molecule has 0 atom stereocenters. The molecule has 0 amide bonds. The highest BCUT2D eigenvalue weighted by molar-refractivity contribution is 5.67. The van der Waals surface area contributed by atoms with E-state index in [1.807, 2.05) is 6.92 Å². The van der Waals surface area contributed by atoms with Crippen molar-refractivity contribution in [1.29, 1.82) is 0 Å². The number of hydrogen-bond donors (Lipinski definition) is 0. The summed E-state index contributed by atoms with van der Waals surface area (Å²) in [6.45, 7) is 3.26. The summed E-state index contributed by atoms with van der Waals surface area (Å²) >= 11 is 0. The SMILES string of the molecule is CC(=O)OC(C)=C1CC1. The van der Waals surface area contributed by atoms with Gasteiger partial charge in [0.2, 0.25) is 0 Å². The second-order valence-corrected chi connectivity index (χ2v) is 2.25. The molecule has 50 valence electrons. The average Bonchev–Trinajstić information content (AvgIpc) is 2.40. The van der Waals surface area contributed by atoms with E-state index in [0.717, 1.165) is 18.6 Å². The number of allylic oxidation sites excluding steroid dienone is 2. The average molecular weight is 126 g/mol. The Bertz CT molecular complexity index is 162. The lowest BCUT2D eigenvalue weighted by atomic mass is 10.5. The third-order valence-electron chi connectivity index (χ3n) is 1.29. The molecular weight excluding hydrogens is 116 g/mol. The largest absolute Gasteiger partial charge is 0.432 e. The molecule has 0 bridgehead atoms. The standard InChI is InChI=1S/C7H10O2/c1-5(7-3-4-7)9-6(2)8/h3-4H2,1-2H3. The van der Waals surface area contributed by atoms with Crippen LogP contribution in [0.5, 0.6) is 0 Å². The van der Waals surface area contributed by atoms with E-state index in [-0.39, 0.29) is 5.97 Å². The molecule has 0 aromatic heterocycles. The van der Waals surface area contributed by atoms with Crippen molar-refractivity contribution in [3.8, 4) is 0 Å². The lowest BCUT2D eigenvalue weighted by Gasteiger charge is -1.97. The first kappa shape index (κ1) is 6.33. The lowest BCUT2D eigenvalue weighted by molar-refractivity contribution is -0.136. The molecule has 0 radical (unpaired) electrons. The van der Waals surface area contributed by atoms with Crippen molar-refractivity contribution >= 4 is 5.97 Å². The van der Waals surface area contributed by atoms with Gasteiger partial charge >= 0.3 is 5.97 Å². The first-order valence-corrected chi connectivity index (χ1v) is 3.07. The predicted molar refractivity (Wildman–Crippen MR) is 33.7 cm³/mol. The first-order valence-electron chi connectivity index (χ1n) is 3.07. The second kappa shape index (κ2) is 2.21. The Morgan fingerprint density at radius 1 is 1.44 bits per heavy atom. The number of esters is 1. The highest BCUT2D eigenvalue weighted by Gasteiger charge is 2.16. The van der Waals surface area contributed by atoms with Gasteiger partial charge < -0.3 is 4.74 Å². The van der Waals surface area contributed by atoms with Crippen LogP contribution in [0.2, 0.25) is 0 Å². The van der Waals surface area contributed by atoms with Crippen LogP contribution in [0, 0.1) is 0 Å². The van der Waals surface area contributed by atoms with E-state index in [4.69, 9.17) is 4.74 Å². The number of carbonyl (C=O) groups is 1. The van der Waals surface area contributed by atoms with Gasteiger partial charge in [0.25, 0.3) is 0 Å². The molecule has 9 heavy (non-hydrogen) atoms. The van der Waals surface area contributed by atoms with Gasteiger partial charge in [0.05, 0.1) is 0 Å². The Kier molecular flexibility index (Phi) is 1.56. The van der Waals surface area contributed by atoms with Crippen LogP contribution in [0.4, 0.5) is 0 Å². The van der Waals surface area contributed by atoms with Crippen LogP contribution in [0.1, 0.15) is 26.7 Å². The number of hydrogen-bond acceptors (Lipinski definition) is 2. The third kappa shape index (κ3) is 1.88. The fourth-order valence-corrected chi connectivity index (χ4v) is 0.702. The van der Waals surface area contributed by atoms with Gasteiger partial charge in [-0.1, -0.05) is 0 Å². The maximum absolute atomic E-state index is 10.3. The van der Waals surface area contributed by atoms with Crippen LogP contribution in [-0.4, -0.2) is 5.97 Å². The summed E-state index contributed by atoms with van der Waals surface area (Å²) in [5.74, 6) is 0.592. The highest BCUT2D eigenvalue weighted by atomic mass is 16.5. The molecule has 0 aliphatic heterocycles. The predicted octanol–water partition coefficient (Wildman–Crippen LogP) is 1.62. The maximum Gasteiger partial charge on any atom is 0.307 e. The zero-order chi connectivity index (χ0) is 6.85. The molecule has 0 aromatic rings. The normalized spacial score (nSPS) is 15.1. The van der Waals surface area contributed by atoms with E-state index in [1.165, 1.54) is 12.5 Å². The Labute approximate surface area is 54.5 Å². The van der Waals surface area contributed by atoms with Crippen molar-refractivity contribution in [3.63, 3.8) is 0 Å². The van der Waals surface area contributed by atoms with Crippen molar-refractivity contribution in [3.05, 3.63) is 11.3 Å². The summed E-state index contributed by atoms with van der Waals surface area (Å²) in [7, 11) is 0. The molecule has 1 aliphatic carbocycles. The maximum atomic E-state index is 10.3. The fourth-order valence-electron chi connectivity index (χ4n) is 0.702. The fraction of sp³-hybridized carbons (Fsp3) is 0.571. The van der Waals surface area contributed by atoms with Gasteiger partial charge in [-0.2, -0.15) is 0 Å². The second-order valence-electron chi connectivity index (χ2n) is 2.25. The molecule has 1 rings (SSSR count). The third-order valence-corrected chi connectivity index (χ3v) is 1.29. The first-order chi connectivity index (χ1) is 4.20. The zero-order valence-corrected chi connectivity index (χ0v) is 5.73. The van der Waals surface area contributed by atoms with Crippen LogP contribution in [0.25, 0.3) is 0 Å². The van der Waals surface area contributed by atoms with Gasteiger partial charge in [0, 0.05) is 6.92 Å². The molecule has 1 saturated carbocycles. The monoisotopic (exact) mass is 126 g/mol. The molecule has 0 heterocycles. The zero-order valence-electron chi connectivity index (χ0n) is 5.73. The van der Waals surface area contributed by atoms with Gasteiger partial charge in [0.15, 0.2) is 0 Å². The molecule has 0 saturated heterocycles. The summed E-state index contributed by atoms with van der Waals surface area (Å²) in [5, 5.41) is 0. The minimum atomic E-state index is -0.216. The van der Waals surface area contributed by atoms with E-state index < -0.39 is 0 Å². The summed E-state index contributed by atoms with van der Waals surface area (Å²) in [6.07, 6.45) is 2.22. The summed E-state index contributed by atoms with van der Waals surface area (Å²) in [5.41, 5.74) is 1.28. The molecule has 0 N–H and O–H groups in total. The summed E-state index contributed by atoms with van der Waals surface area (Å²) in [4.78, 5) is 10.3. The van der Waals surface area contributed by atoms with Gasteiger partial charge in [-0.05, 0) is 25.3 Å². The van der Waals surface area contributed by atoms with Crippen molar-refractivity contribution in [2.45, 2.75) is 26.7 Å². The van der Waals surface area contributed by atoms with E-state index in [9.17, 15) is 4.79 Å². The minimum absolute atomic E-state index is 0.216. The van der Waals surface area contributed by atoms with Crippen LogP contribution in [-0.2, 0) is 9.53 Å². The van der Waals surface area contributed by atoms with Gasteiger partial charge in [-0.3, -0.25) is 4.79 Å². The van der Waals surface area contributed by atoms with Gasteiger partial charge in [-0.15, -0.1) is 0 Å². The number of carbonyl (C=O) groups excluding carboxylic acids is 1. The number of rotatable bonds is 1. The van der Waals surface area contributed by atoms with Crippen LogP contribution in [0.15, 0.2) is 11.3 Å². The molecule has 1 aliphatic rings. The van der Waals surface area contributed by atoms with E-state index in [1.54, 1.807) is 0 Å². The highest BCUT2D eigenvalue weighted by Crippen LogP contribution is 2.31. The molecule has 2 heteroatoms. The van der Waals surface area contributed by atoms with Crippen LogP contribution >= 0.6 is 0 Å². The molecule has 1 fully saturated rings. The Balaban J connectivity index is 2.44. The Hall–Kier alpha value is -0.790. The van der Waals surface area contributed by atoms with Crippen molar-refractivity contribution in [2.75, 3.05) is 0 Å². The topological polar surface area (TPSA) is 26.3 Å². The van der Waals surface area contributed by atoms with Crippen molar-refractivity contribution in [1.82, 2.24) is 0 Å². The molecule has 0 aromatic carbocycles. The molecule has 0 unspecified atom stereocenters. The van der Waals surface area contributed by atoms with E-state index in [0.29, 0.717) is 0 Å². The Morgan fingerprint density at radius 2 is 2.00 bits per heavy atom. The summed E-state index contributed by atoms with van der Waals surface area (Å²) < 4.78 is 4.81. The van der Waals surface area contributed by atoms with E-state index in [2.05, 4.69) is 0 Å². The van der Waals surface area contributed by atoms with Crippen LogP contribution < -0.4 is 0 Å². The lowest BCUT2D eigenvalue weighted by Crippen LogP contribution is -1.95.